The molecule has 0 saturated carbocycles. The molecule has 0 spiro atoms. The predicted octanol–water partition coefficient (Wildman–Crippen LogP) is 4.19. The minimum atomic E-state index is -5.57. The van der Waals surface area contributed by atoms with Gasteiger partial charge in [0.15, 0.2) is 17.8 Å². The molecule has 0 atom stereocenters. The number of halogens is 9. The van der Waals surface area contributed by atoms with Crippen LogP contribution in [0, 0.1) is 0 Å². The SMILES string of the molecule is O=Cc1cc(OC(F)(F)F)cc(OC(F)(F)F)c1OC(F)(F)F. The highest BCUT2D eigenvalue weighted by Gasteiger charge is 2.39. The van der Waals surface area contributed by atoms with Crippen LogP contribution in [0.1, 0.15) is 10.4 Å². The lowest BCUT2D eigenvalue weighted by molar-refractivity contribution is -0.288. The van der Waals surface area contributed by atoms with Crippen LogP contribution in [0.2, 0.25) is 0 Å². The van der Waals surface area contributed by atoms with Crippen molar-refractivity contribution in [3.63, 3.8) is 0 Å². The monoisotopic (exact) mass is 358 g/mol. The molecule has 4 nitrogen and oxygen atoms in total. The molecule has 0 N–H and O–H groups in total. The van der Waals surface area contributed by atoms with Gasteiger partial charge in [-0.3, -0.25) is 4.79 Å². The Balaban J connectivity index is 3.43. The maximum absolute atomic E-state index is 12.2. The number of rotatable bonds is 4. The van der Waals surface area contributed by atoms with Gasteiger partial charge in [-0.05, 0) is 6.07 Å². The van der Waals surface area contributed by atoms with Gasteiger partial charge < -0.3 is 14.2 Å². The van der Waals surface area contributed by atoms with Crippen LogP contribution in [0.3, 0.4) is 0 Å². The highest BCUT2D eigenvalue weighted by Crippen LogP contribution is 2.41. The van der Waals surface area contributed by atoms with Gasteiger partial charge in [0.05, 0.1) is 5.56 Å². The van der Waals surface area contributed by atoms with E-state index in [4.69, 9.17) is 0 Å². The summed E-state index contributed by atoms with van der Waals surface area (Å²) in [4.78, 5) is 10.6. The number of hydrogen-bond donors (Lipinski definition) is 0. The molecule has 23 heavy (non-hydrogen) atoms. The second kappa shape index (κ2) is 6.04. The van der Waals surface area contributed by atoms with E-state index in [2.05, 4.69) is 14.2 Å². The number of aldehydes is 1. The lowest BCUT2D eigenvalue weighted by Gasteiger charge is -2.18. The first kappa shape index (κ1) is 18.7. The van der Waals surface area contributed by atoms with Gasteiger partial charge in [-0.1, -0.05) is 0 Å². The van der Waals surface area contributed by atoms with E-state index in [-0.39, 0.29) is 12.1 Å². The molecule has 0 unspecified atom stereocenters. The maximum Gasteiger partial charge on any atom is 0.573 e. The number of carbonyl (C=O) groups is 1. The smallest absolute Gasteiger partial charge is 0.406 e. The van der Waals surface area contributed by atoms with E-state index < -0.39 is 48.2 Å². The van der Waals surface area contributed by atoms with Crippen LogP contribution in [-0.4, -0.2) is 25.4 Å². The van der Waals surface area contributed by atoms with Crippen LogP contribution in [-0.2, 0) is 0 Å². The average Bonchev–Trinajstić information content (AvgIpc) is 2.26. The van der Waals surface area contributed by atoms with Gasteiger partial charge in [0.25, 0.3) is 0 Å². The van der Waals surface area contributed by atoms with Crippen LogP contribution in [0.4, 0.5) is 39.5 Å². The van der Waals surface area contributed by atoms with E-state index >= 15 is 0 Å². The molecule has 0 saturated heterocycles. The minimum Gasteiger partial charge on any atom is -0.406 e. The van der Waals surface area contributed by atoms with Crippen LogP contribution < -0.4 is 14.2 Å². The Bertz CT molecular complexity index is 573. The Kier molecular flexibility index (Phi) is 4.91. The molecule has 1 rings (SSSR count). The topological polar surface area (TPSA) is 44.8 Å². The summed E-state index contributed by atoms with van der Waals surface area (Å²) in [7, 11) is 0. The summed E-state index contributed by atoms with van der Waals surface area (Å²) in [6.07, 6.45) is -16.9. The summed E-state index contributed by atoms with van der Waals surface area (Å²) in [6.45, 7) is 0. The standard InChI is InChI=1S/C10H3F9O4/c11-8(12,13)21-5-1-4(3-20)7(23-10(17,18)19)6(2-5)22-9(14,15)16/h1-3H. The van der Waals surface area contributed by atoms with E-state index in [9.17, 15) is 44.3 Å². The molecule has 0 heterocycles. The molecule has 0 aliphatic heterocycles. The number of alkyl halides is 9. The average molecular weight is 358 g/mol. The lowest BCUT2D eigenvalue weighted by Crippen LogP contribution is -2.23. The fourth-order valence-corrected chi connectivity index (χ4v) is 1.30. The van der Waals surface area contributed by atoms with Crippen LogP contribution in [0.5, 0.6) is 17.2 Å². The van der Waals surface area contributed by atoms with Gasteiger partial charge in [-0.15, -0.1) is 39.5 Å². The molecule has 0 radical (unpaired) electrons. The van der Waals surface area contributed by atoms with Gasteiger partial charge in [0.1, 0.15) is 5.75 Å². The molecule has 0 fully saturated rings. The Morgan fingerprint density at radius 2 is 1.22 bits per heavy atom. The predicted molar refractivity (Wildman–Crippen MR) is 51.9 cm³/mol. The lowest BCUT2D eigenvalue weighted by atomic mass is 10.2. The highest BCUT2D eigenvalue weighted by atomic mass is 19.4. The van der Waals surface area contributed by atoms with Crippen molar-refractivity contribution in [2.45, 2.75) is 19.1 Å². The third-order valence-electron chi connectivity index (χ3n) is 1.86. The highest BCUT2D eigenvalue weighted by molar-refractivity contribution is 5.82. The van der Waals surface area contributed by atoms with Gasteiger partial charge >= 0.3 is 19.1 Å². The zero-order valence-corrected chi connectivity index (χ0v) is 10.3. The quantitative estimate of drug-likeness (QED) is 0.598. The number of hydrogen-bond acceptors (Lipinski definition) is 4. The molecule has 130 valence electrons. The van der Waals surface area contributed by atoms with E-state index in [0.29, 0.717) is 0 Å². The van der Waals surface area contributed by atoms with Crippen molar-refractivity contribution in [2.75, 3.05) is 0 Å². The minimum absolute atomic E-state index is 0.102. The number of benzene rings is 1. The molecule has 1 aromatic carbocycles. The summed E-state index contributed by atoms with van der Waals surface area (Å²) in [6, 6.07) is -0.0557. The number of carbonyl (C=O) groups excluding carboxylic acids is 1. The molecule has 0 aliphatic carbocycles. The molecule has 0 aliphatic rings. The number of ether oxygens (including phenoxy) is 3. The van der Waals surface area contributed by atoms with Crippen molar-refractivity contribution in [3.8, 4) is 17.2 Å². The van der Waals surface area contributed by atoms with E-state index in [1.165, 1.54) is 0 Å². The third-order valence-corrected chi connectivity index (χ3v) is 1.86. The maximum atomic E-state index is 12.2. The zero-order valence-electron chi connectivity index (χ0n) is 10.3. The largest absolute Gasteiger partial charge is 0.573 e. The Morgan fingerprint density at radius 1 is 0.739 bits per heavy atom. The van der Waals surface area contributed by atoms with Crippen LogP contribution in [0.15, 0.2) is 12.1 Å². The van der Waals surface area contributed by atoms with Gasteiger partial charge in [-0.25, -0.2) is 0 Å². The van der Waals surface area contributed by atoms with E-state index in [0.717, 1.165) is 0 Å². The summed E-state index contributed by atoms with van der Waals surface area (Å²) in [5.74, 6) is -5.01. The Hall–Kier alpha value is -2.34. The molecule has 0 amide bonds. The van der Waals surface area contributed by atoms with Crippen molar-refractivity contribution >= 4 is 6.29 Å². The van der Waals surface area contributed by atoms with E-state index in [1.54, 1.807) is 0 Å². The second-order valence-corrected chi connectivity index (χ2v) is 3.60. The fraction of sp³-hybridized carbons (Fsp3) is 0.300. The van der Waals surface area contributed by atoms with Crippen molar-refractivity contribution in [1.82, 2.24) is 0 Å². The second-order valence-electron chi connectivity index (χ2n) is 3.60. The Labute approximate surface area is 120 Å². The van der Waals surface area contributed by atoms with Crippen LogP contribution >= 0.6 is 0 Å². The van der Waals surface area contributed by atoms with Crippen LogP contribution in [0.25, 0.3) is 0 Å². The Morgan fingerprint density at radius 3 is 1.61 bits per heavy atom. The van der Waals surface area contributed by atoms with Gasteiger partial charge in [0.2, 0.25) is 0 Å². The molecule has 13 heteroatoms. The summed E-state index contributed by atoms with van der Waals surface area (Å²) in [5, 5.41) is 0. The molecule has 0 bridgehead atoms. The van der Waals surface area contributed by atoms with Crippen molar-refractivity contribution < 1.29 is 58.5 Å². The molecule has 1 aromatic rings. The molecular formula is C10H3F9O4. The van der Waals surface area contributed by atoms with Gasteiger partial charge in [-0.2, -0.15) is 0 Å². The molecule has 0 aromatic heterocycles. The summed E-state index contributed by atoms with van der Waals surface area (Å²) in [5.41, 5.74) is -1.30. The van der Waals surface area contributed by atoms with Crippen molar-refractivity contribution in [1.29, 1.82) is 0 Å². The normalized spacial score (nSPS) is 12.7. The zero-order chi connectivity index (χ0) is 18.1. The first-order valence-corrected chi connectivity index (χ1v) is 5.10. The van der Waals surface area contributed by atoms with Gasteiger partial charge in [0, 0.05) is 6.07 Å². The molecular weight excluding hydrogens is 355 g/mol. The fourth-order valence-electron chi connectivity index (χ4n) is 1.30. The summed E-state index contributed by atoms with van der Waals surface area (Å²) >= 11 is 0. The third kappa shape index (κ3) is 6.52. The van der Waals surface area contributed by atoms with Crippen molar-refractivity contribution in [2.24, 2.45) is 0 Å². The van der Waals surface area contributed by atoms with Crippen molar-refractivity contribution in [3.05, 3.63) is 17.7 Å². The summed E-state index contributed by atoms with van der Waals surface area (Å²) < 4.78 is 119. The van der Waals surface area contributed by atoms with E-state index in [1.807, 2.05) is 0 Å². The first-order chi connectivity index (χ1) is 10.2. The first-order valence-electron chi connectivity index (χ1n) is 5.10.